The van der Waals surface area contributed by atoms with Gasteiger partial charge in [-0.05, 0) is 39.3 Å². The largest absolute Gasteiger partial charge is 0.507 e. The van der Waals surface area contributed by atoms with E-state index in [4.69, 9.17) is 0 Å². The van der Waals surface area contributed by atoms with Gasteiger partial charge in [-0.2, -0.15) is 0 Å². The Labute approximate surface area is 156 Å². The van der Waals surface area contributed by atoms with Gasteiger partial charge in [0.15, 0.2) is 17.4 Å². The summed E-state index contributed by atoms with van der Waals surface area (Å²) in [7, 11) is 5.29. The quantitative estimate of drug-likeness (QED) is 0.275. The van der Waals surface area contributed by atoms with Crippen LogP contribution in [0.25, 0.3) is 0 Å². The highest BCUT2D eigenvalue weighted by Gasteiger charge is 2.37. The topological polar surface area (TPSA) is 123 Å². The monoisotopic (exact) mass is 370 g/mol. The van der Waals surface area contributed by atoms with Gasteiger partial charge in [-0.3, -0.25) is 20.2 Å². The van der Waals surface area contributed by atoms with Crippen LogP contribution < -0.4 is 21.3 Å². The molecule has 0 amide bonds. The van der Waals surface area contributed by atoms with Gasteiger partial charge in [-0.15, -0.1) is 0 Å². The number of rotatable bonds is 6. The molecule has 0 saturated heterocycles. The zero-order valence-electron chi connectivity index (χ0n) is 15.3. The highest BCUT2D eigenvalue weighted by atomic mass is 16.3. The smallest absolute Gasteiger partial charge is 0.200 e. The average Bonchev–Trinajstić information content (AvgIpc) is 2.67. The van der Waals surface area contributed by atoms with Crippen molar-refractivity contribution < 1.29 is 19.8 Å². The zero-order chi connectivity index (χ0) is 19.8. The first-order valence-corrected chi connectivity index (χ1v) is 8.47. The van der Waals surface area contributed by atoms with Gasteiger partial charge in [-0.25, -0.2) is 0 Å². The fourth-order valence-corrected chi connectivity index (χ4v) is 3.36. The molecule has 0 bridgehead atoms. The Hall–Kier alpha value is -2.94. The predicted molar refractivity (Wildman–Crippen MR) is 101 cm³/mol. The standard InChI is InChI=1S/C19H22N4O4/c1-20-9-19(21-2,22-3)23-11-6-4-5-10-14(11)18(27)16-13(25)8-7-12(24)15(16)17(10)26/h4-8,20-25H,9H2,1-3H3. The van der Waals surface area contributed by atoms with Crippen LogP contribution in [0, 0.1) is 0 Å². The number of fused-ring (bicyclic) bond motifs is 2. The maximum Gasteiger partial charge on any atom is 0.200 e. The lowest BCUT2D eigenvalue weighted by molar-refractivity contribution is 0.0974. The lowest BCUT2D eigenvalue weighted by Crippen LogP contribution is -2.65. The van der Waals surface area contributed by atoms with Crippen molar-refractivity contribution in [2.24, 2.45) is 0 Å². The van der Waals surface area contributed by atoms with Gasteiger partial charge in [-0.1, -0.05) is 12.1 Å². The molecule has 8 heteroatoms. The van der Waals surface area contributed by atoms with Crippen LogP contribution in [0.5, 0.6) is 11.5 Å². The second-order valence-corrected chi connectivity index (χ2v) is 6.30. The molecule has 1 aliphatic rings. The van der Waals surface area contributed by atoms with E-state index in [1.165, 1.54) is 18.2 Å². The number of nitrogens with one attached hydrogen (secondary N) is 4. The summed E-state index contributed by atoms with van der Waals surface area (Å²) in [5, 5.41) is 32.7. The molecule has 1 aliphatic carbocycles. The van der Waals surface area contributed by atoms with E-state index in [2.05, 4.69) is 21.3 Å². The first-order valence-electron chi connectivity index (χ1n) is 8.47. The fourth-order valence-electron chi connectivity index (χ4n) is 3.36. The zero-order valence-corrected chi connectivity index (χ0v) is 15.3. The molecule has 0 aromatic heterocycles. The Bertz CT molecular complexity index is 922. The molecule has 0 heterocycles. The molecule has 8 nitrogen and oxygen atoms in total. The normalized spacial score (nSPS) is 13.3. The summed E-state index contributed by atoms with van der Waals surface area (Å²) in [4.78, 5) is 26.1. The minimum absolute atomic E-state index is 0.155. The molecule has 0 aliphatic heterocycles. The van der Waals surface area contributed by atoms with Gasteiger partial charge in [0.25, 0.3) is 0 Å². The summed E-state index contributed by atoms with van der Waals surface area (Å²) in [6, 6.07) is 7.28. The van der Waals surface area contributed by atoms with E-state index < -0.39 is 17.4 Å². The van der Waals surface area contributed by atoms with Crippen molar-refractivity contribution >= 4 is 17.3 Å². The van der Waals surface area contributed by atoms with Crippen LogP contribution in [-0.2, 0) is 0 Å². The third-order valence-electron chi connectivity index (χ3n) is 4.80. The summed E-state index contributed by atoms with van der Waals surface area (Å²) < 4.78 is 0. The van der Waals surface area contributed by atoms with Crippen LogP contribution in [0.4, 0.5) is 5.69 Å². The van der Waals surface area contributed by atoms with E-state index in [9.17, 15) is 19.8 Å². The number of phenolic OH excluding ortho intramolecular Hbond substituents is 2. The van der Waals surface area contributed by atoms with Crippen LogP contribution in [0.3, 0.4) is 0 Å². The Kier molecular flexibility index (Phi) is 4.88. The lowest BCUT2D eigenvalue weighted by atomic mass is 9.82. The van der Waals surface area contributed by atoms with Crippen LogP contribution in [0.1, 0.15) is 31.8 Å². The van der Waals surface area contributed by atoms with Crippen LogP contribution in [0.15, 0.2) is 30.3 Å². The SMILES string of the molecule is CNCC(NC)(NC)Nc1cccc2c1C(=O)c1c(O)ccc(O)c1C2=O. The summed E-state index contributed by atoms with van der Waals surface area (Å²) in [6.45, 7) is 0.467. The number of aromatic hydroxyl groups is 2. The second kappa shape index (κ2) is 6.99. The highest BCUT2D eigenvalue weighted by molar-refractivity contribution is 6.31. The minimum Gasteiger partial charge on any atom is -0.507 e. The number of benzene rings is 2. The van der Waals surface area contributed by atoms with E-state index in [0.29, 0.717) is 12.2 Å². The summed E-state index contributed by atoms with van der Waals surface area (Å²) in [6.07, 6.45) is 0. The Morgan fingerprint density at radius 3 is 2.00 bits per heavy atom. The first-order chi connectivity index (χ1) is 12.9. The summed E-state index contributed by atoms with van der Waals surface area (Å²) >= 11 is 0. The van der Waals surface area contributed by atoms with Crippen molar-refractivity contribution in [1.82, 2.24) is 16.0 Å². The van der Waals surface area contributed by atoms with Crippen LogP contribution >= 0.6 is 0 Å². The van der Waals surface area contributed by atoms with Crippen molar-refractivity contribution in [2.45, 2.75) is 5.79 Å². The van der Waals surface area contributed by atoms with Crippen molar-refractivity contribution in [3.05, 3.63) is 52.6 Å². The van der Waals surface area contributed by atoms with Crippen LogP contribution in [-0.4, -0.2) is 55.3 Å². The lowest BCUT2D eigenvalue weighted by Gasteiger charge is -2.36. The van der Waals surface area contributed by atoms with E-state index in [1.807, 2.05) is 0 Å². The molecule has 0 radical (unpaired) electrons. The van der Waals surface area contributed by atoms with Gasteiger partial charge >= 0.3 is 0 Å². The summed E-state index contributed by atoms with van der Waals surface area (Å²) in [5.41, 5.74) is 0.396. The number of anilines is 1. The Morgan fingerprint density at radius 1 is 0.852 bits per heavy atom. The van der Waals surface area contributed by atoms with Crippen molar-refractivity contribution in [3.8, 4) is 11.5 Å². The second-order valence-electron chi connectivity index (χ2n) is 6.30. The number of hydrogen-bond acceptors (Lipinski definition) is 8. The number of phenols is 2. The van der Waals surface area contributed by atoms with E-state index in [0.717, 1.165) is 0 Å². The molecule has 27 heavy (non-hydrogen) atoms. The Balaban J connectivity index is 2.18. The Morgan fingerprint density at radius 2 is 1.44 bits per heavy atom. The van der Waals surface area contributed by atoms with Gasteiger partial charge < -0.3 is 20.8 Å². The van der Waals surface area contributed by atoms with Gasteiger partial charge in [0, 0.05) is 17.8 Å². The fraction of sp³-hybridized carbons (Fsp3) is 0.263. The van der Waals surface area contributed by atoms with Gasteiger partial charge in [0.05, 0.1) is 16.7 Å². The molecule has 0 fully saturated rings. The molecule has 6 N–H and O–H groups in total. The van der Waals surface area contributed by atoms with E-state index >= 15 is 0 Å². The van der Waals surface area contributed by atoms with Crippen molar-refractivity contribution in [3.63, 3.8) is 0 Å². The molecule has 0 unspecified atom stereocenters. The van der Waals surface area contributed by atoms with Crippen molar-refractivity contribution in [2.75, 3.05) is 33.0 Å². The molecular formula is C19H22N4O4. The number of ketones is 2. The maximum atomic E-state index is 13.1. The maximum absolute atomic E-state index is 13.1. The van der Waals surface area contributed by atoms with E-state index in [-0.39, 0.29) is 33.8 Å². The third kappa shape index (κ3) is 2.93. The molecule has 0 spiro atoms. The number of hydrogen-bond donors (Lipinski definition) is 6. The number of carbonyl (C=O) groups is 2. The average molecular weight is 370 g/mol. The number of likely N-dealkylation sites (N-methyl/N-ethyl adjacent to an activating group) is 3. The third-order valence-corrected chi connectivity index (χ3v) is 4.80. The molecule has 2 aromatic carbocycles. The molecular weight excluding hydrogens is 348 g/mol. The summed E-state index contributed by atoms with van der Waals surface area (Å²) in [5.74, 6) is -2.49. The van der Waals surface area contributed by atoms with Crippen LogP contribution in [0.2, 0.25) is 0 Å². The minimum atomic E-state index is -0.783. The predicted octanol–water partition coefficient (Wildman–Crippen LogP) is 0.597. The molecule has 0 atom stereocenters. The van der Waals surface area contributed by atoms with E-state index in [1.54, 1.807) is 33.3 Å². The number of carbonyl (C=O) groups excluding carboxylic acids is 2. The highest BCUT2D eigenvalue weighted by Crippen LogP contribution is 2.39. The molecule has 0 saturated carbocycles. The van der Waals surface area contributed by atoms with Crippen molar-refractivity contribution in [1.29, 1.82) is 0 Å². The first kappa shape index (κ1) is 18.8. The molecule has 2 aromatic rings. The van der Waals surface area contributed by atoms with Gasteiger partial charge in [0.1, 0.15) is 11.5 Å². The van der Waals surface area contributed by atoms with Gasteiger partial charge in [0.2, 0.25) is 0 Å². The molecule has 3 rings (SSSR count). The molecule has 142 valence electrons.